The van der Waals surface area contributed by atoms with Crippen LogP contribution in [0.15, 0.2) is 53.5 Å². The number of rotatable bonds is 5. The maximum atomic E-state index is 12.6. The van der Waals surface area contributed by atoms with Crippen LogP contribution in [0.2, 0.25) is 0 Å². The van der Waals surface area contributed by atoms with E-state index in [-0.39, 0.29) is 23.1 Å². The molecule has 2 N–H and O–H groups in total. The number of aromatic nitrogens is 3. The van der Waals surface area contributed by atoms with Gasteiger partial charge in [-0.25, -0.2) is 15.0 Å². The normalized spacial score (nSPS) is 10.9. The van der Waals surface area contributed by atoms with Gasteiger partial charge in [0, 0.05) is 36.5 Å². The van der Waals surface area contributed by atoms with Crippen LogP contribution in [-0.4, -0.2) is 39.7 Å². The first-order valence-corrected chi connectivity index (χ1v) is 9.11. The van der Waals surface area contributed by atoms with Gasteiger partial charge in [-0.15, -0.1) is 0 Å². The van der Waals surface area contributed by atoms with Gasteiger partial charge in [0.05, 0.1) is 18.5 Å². The molecule has 0 saturated heterocycles. The van der Waals surface area contributed by atoms with Crippen LogP contribution in [0.25, 0.3) is 22.5 Å². The van der Waals surface area contributed by atoms with E-state index < -0.39 is 5.91 Å². The number of pyridine rings is 1. The van der Waals surface area contributed by atoms with Gasteiger partial charge in [0.2, 0.25) is 0 Å². The van der Waals surface area contributed by atoms with Crippen LogP contribution in [0, 0.1) is 0 Å². The Morgan fingerprint density at radius 2 is 1.72 bits per heavy atom. The molecule has 0 atom stereocenters. The molecule has 0 aliphatic carbocycles. The van der Waals surface area contributed by atoms with Gasteiger partial charge < -0.3 is 10.3 Å². The lowest BCUT2D eigenvalue weighted by Crippen LogP contribution is -2.28. The Balaban J connectivity index is 2.29. The Hall–Kier alpha value is -3.52. The van der Waals surface area contributed by atoms with E-state index in [1.54, 1.807) is 16.8 Å². The second-order valence-corrected chi connectivity index (χ2v) is 6.76. The van der Waals surface area contributed by atoms with E-state index in [1.165, 1.54) is 20.2 Å². The first kappa shape index (κ1) is 20.2. The number of hydrogen-bond donors (Lipinski definition) is 1. The standard InChI is InChI=1S/C21H23N5O3/c1-13(2)26-12-15(10-11-16(26)27)18-17(14-8-6-5-7-9-14)24-20(22)19(23-18)21(28)25(3)29-4/h5-13H,1-4H3,(H2,22,24). The van der Waals surface area contributed by atoms with Gasteiger partial charge in [0.15, 0.2) is 11.5 Å². The largest absolute Gasteiger partial charge is 0.382 e. The average Bonchev–Trinajstić information content (AvgIpc) is 2.73. The van der Waals surface area contributed by atoms with Crippen molar-refractivity contribution in [1.29, 1.82) is 0 Å². The molecule has 1 aromatic carbocycles. The van der Waals surface area contributed by atoms with Crippen LogP contribution >= 0.6 is 0 Å². The van der Waals surface area contributed by atoms with E-state index in [1.807, 2.05) is 44.2 Å². The maximum absolute atomic E-state index is 12.6. The molecule has 2 heterocycles. The number of hydroxylamine groups is 2. The fraction of sp³-hybridized carbons (Fsp3) is 0.238. The summed E-state index contributed by atoms with van der Waals surface area (Å²) in [5, 5.41) is 1.03. The van der Waals surface area contributed by atoms with Crippen molar-refractivity contribution in [3.8, 4) is 22.5 Å². The number of benzene rings is 1. The molecule has 0 saturated carbocycles. The summed E-state index contributed by atoms with van der Waals surface area (Å²) in [5.41, 5.74) is 8.35. The smallest absolute Gasteiger partial charge is 0.299 e. The Bertz CT molecular complexity index is 1090. The van der Waals surface area contributed by atoms with Crippen LogP contribution in [0.5, 0.6) is 0 Å². The number of amides is 1. The lowest BCUT2D eigenvalue weighted by Gasteiger charge is -2.17. The summed E-state index contributed by atoms with van der Waals surface area (Å²) in [5.74, 6) is -0.519. The Labute approximate surface area is 168 Å². The van der Waals surface area contributed by atoms with Gasteiger partial charge in [-0.3, -0.25) is 14.4 Å². The first-order valence-electron chi connectivity index (χ1n) is 9.11. The molecule has 150 valence electrons. The summed E-state index contributed by atoms with van der Waals surface area (Å²) < 4.78 is 1.60. The molecule has 8 heteroatoms. The van der Waals surface area contributed by atoms with Crippen molar-refractivity contribution in [2.45, 2.75) is 19.9 Å². The lowest BCUT2D eigenvalue weighted by molar-refractivity contribution is -0.0759. The van der Waals surface area contributed by atoms with E-state index in [4.69, 9.17) is 10.6 Å². The number of carbonyl (C=O) groups is 1. The SMILES string of the molecule is CON(C)C(=O)c1nc(-c2ccc(=O)n(C(C)C)c2)c(-c2ccccc2)nc1N. The van der Waals surface area contributed by atoms with E-state index in [9.17, 15) is 9.59 Å². The summed E-state index contributed by atoms with van der Waals surface area (Å²) in [6.07, 6.45) is 1.72. The predicted octanol–water partition coefficient (Wildman–Crippen LogP) is 2.77. The molecule has 2 aromatic heterocycles. The molecule has 0 unspecified atom stereocenters. The van der Waals surface area contributed by atoms with Crippen molar-refractivity contribution in [2.24, 2.45) is 0 Å². The summed E-state index contributed by atoms with van der Waals surface area (Å²) in [6.45, 7) is 3.83. The van der Waals surface area contributed by atoms with Crippen molar-refractivity contribution < 1.29 is 9.63 Å². The number of hydrogen-bond acceptors (Lipinski definition) is 6. The fourth-order valence-corrected chi connectivity index (χ4v) is 2.88. The third-order valence-corrected chi connectivity index (χ3v) is 4.50. The molecule has 0 bridgehead atoms. The van der Waals surface area contributed by atoms with Crippen molar-refractivity contribution in [2.75, 3.05) is 19.9 Å². The van der Waals surface area contributed by atoms with Crippen LogP contribution in [0.4, 0.5) is 5.82 Å². The molecule has 1 amide bonds. The predicted molar refractivity (Wildman–Crippen MR) is 111 cm³/mol. The van der Waals surface area contributed by atoms with E-state index >= 15 is 0 Å². The first-order chi connectivity index (χ1) is 13.8. The highest BCUT2D eigenvalue weighted by atomic mass is 16.7. The second-order valence-electron chi connectivity index (χ2n) is 6.76. The van der Waals surface area contributed by atoms with Gasteiger partial charge in [-0.1, -0.05) is 30.3 Å². The van der Waals surface area contributed by atoms with E-state index in [2.05, 4.69) is 9.97 Å². The maximum Gasteiger partial charge on any atom is 0.299 e. The number of nitrogens with two attached hydrogens (primary N) is 1. The molecule has 3 rings (SSSR count). The van der Waals surface area contributed by atoms with E-state index in [0.717, 1.165) is 10.6 Å². The molecule has 0 fully saturated rings. The Morgan fingerprint density at radius 1 is 1.07 bits per heavy atom. The van der Waals surface area contributed by atoms with Crippen LogP contribution in [-0.2, 0) is 4.84 Å². The minimum absolute atomic E-state index is 0.00122. The monoisotopic (exact) mass is 393 g/mol. The second kappa shape index (κ2) is 8.24. The number of nitrogen functional groups attached to an aromatic ring is 1. The van der Waals surface area contributed by atoms with Crippen LogP contribution in [0.1, 0.15) is 30.4 Å². The summed E-state index contributed by atoms with van der Waals surface area (Å²) in [7, 11) is 2.84. The summed E-state index contributed by atoms with van der Waals surface area (Å²) in [4.78, 5) is 38.8. The van der Waals surface area contributed by atoms with Gasteiger partial charge >= 0.3 is 0 Å². The number of nitrogens with zero attached hydrogens (tertiary/aromatic N) is 4. The highest BCUT2D eigenvalue weighted by molar-refractivity contribution is 5.97. The number of carbonyl (C=O) groups excluding carboxylic acids is 1. The van der Waals surface area contributed by atoms with Gasteiger partial charge in [0.25, 0.3) is 11.5 Å². The third-order valence-electron chi connectivity index (χ3n) is 4.50. The van der Waals surface area contributed by atoms with Crippen molar-refractivity contribution in [3.63, 3.8) is 0 Å². The molecule has 8 nitrogen and oxygen atoms in total. The van der Waals surface area contributed by atoms with Gasteiger partial charge in [0.1, 0.15) is 0 Å². The average molecular weight is 393 g/mol. The van der Waals surface area contributed by atoms with E-state index in [0.29, 0.717) is 17.0 Å². The minimum atomic E-state index is -0.518. The highest BCUT2D eigenvalue weighted by Crippen LogP contribution is 2.30. The summed E-state index contributed by atoms with van der Waals surface area (Å²) >= 11 is 0. The molecule has 0 aliphatic rings. The topological polar surface area (TPSA) is 103 Å². The zero-order chi connectivity index (χ0) is 21.1. The zero-order valence-electron chi connectivity index (χ0n) is 16.8. The molecule has 3 aromatic rings. The van der Waals surface area contributed by atoms with Crippen LogP contribution in [0.3, 0.4) is 0 Å². The lowest BCUT2D eigenvalue weighted by atomic mass is 10.0. The molecule has 0 radical (unpaired) electrons. The Morgan fingerprint density at radius 3 is 2.34 bits per heavy atom. The van der Waals surface area contributed by atoms with Crippen molar-refractivity contribution >= 4 is 11.7 Å². The Kier molecular flexibility index (Phi) is 5.74. The molecule has 29 heavy (non-hydrogen) atoms. The van der Waals surface area contributed by atoms with Crippen molar-refractivity contribution in [3.05, 3.63) is 64.7 Å². The van der Waals surface area contributed by atoms with Gasteiger partial charge in [-0.05, 0) is 19.9 Å². The third kappa shape index (κ3) is 4.02. The summed E-state index contributed by atoms with van der Waals surface area (Å²) in [6, 6.07) is 12.5. The number of anilines is 1. The highest BCUT2D eigenvalue weighted by Gasteiger charge is 2.23. The quantitative estimate of drug-likeness (QED) is 0.669. The van der Waals surface area contributed by atoms with Gasteiger partial charge in [-0.2, -0.15) is 0 Å². The molecular formula is C21H23N5O3. The molecular weight excluding hydrogens is 370 g/mol. The fourth-order valence-electron chi connectivity index (χ4n) is 2.88. The van der Waals surface area contributed by atoms with Crippen molar-refractivity contribution in [1.82, 2.24) is 19.6 Å². The van der Waals surface area contributed by atoms with Crippen LogP contribution < -0.4 is 11.3 Å². The zero-order valence-corrected chi connectivity index (χ0v) is 16.8. The minimum Gasteiger partial charge on any atom is -0.382 e. The molecule has 0 aliphatic heterocycles. The molecule has 0 spiro atoms.